The van der Waals surface area contributed by atoms with E-state index in [0.717, 1.165) is 0 Å². The van der Waals surface area contributed by atoms with Gasteiger partial charge in [-0.3, -0.25) is 4.79 Å². The first-order valence-corrected chi connectivity index (χ1v) is 4.60. The Balaban J connectivity index is 2.97. The van der Waals surface area contributed by atoms with Crippen LogP contribution in [-0.4, -0.2) is 29.4 Å². The van der Waals surface area contributed by atoms with E-state index in [4.69, 9.17) is 17.3 Å². The molecule has 1 rings (SSSR count). The minimum atomic E-state index is -0.109. The van der Waals surface area contributed by atoms with E-state index in [1.165, 1.54) is 12.3 Å². The average Bonchev–Trinajstić information content (AvgIpc) is 2.20. The lowest BCUT2D eigenvalue weighted by Crippen LogP contribution is -2.26. The number of carbonyl (C=O) groups excluding carboxylic acids is 1. The van der Waals surface area contributed by atoms with Crippen molar-refractivity contribution in [1.29, 1.82) is 0 Å². The Morgan fingerprint density at radius 3 is 2.86 bits per heavy atom. The first-order valence-electron chi connectivity index (χ1n) is 4.22. The highest BCUT2D eigenvalue weighted by Gasteiger charge is 2.11. The highest BCUT2D eigenvalue weighted by molar-refractivity contribution is 6.33. The zero-order chi connectivity index (χ0) is 10.7. The number of hydrogen-bond acceptors (Lipinski definition) is 3. The van der Waals surface area contributed by atoms with Gasteiger partial charge in [-0.05, 0) is 13.0 Å². The Bertz CT molecular complexity index is 354. The van der Waals surface area contributed by atoms with Crippen molar-refractivity contribution in [3.8, 4) is 0 Å². The Labute approximate surface area is 87.7 Å². The summed E-state index contributed by atoms with van der Waals surface area (Å²) >= 11 is 5.75. The molecule has 0 radical (unpaired) electrons. The Morgan fingerprint density at radius 1 is 1.71 bits per heavy atom. The molecule has 76 valence electrons. The number of nitrogen functional groups attached to an aromatic ring is 1. The number of carbonyl (C=O) groups is 1. The largest absolute Gasteiger partial charge is 0.382 e. The van der Waals surface area contributed by atoms with Crippen LogP contribution in [0.5, 0.6) is 0 Å². The van der Waals surface area contributed by atoms with E-state index in [1.807, 2.05) is 6.92 Å². The minimum absolute atomic E-state index is 0.109. The van der Waals surface area contributed by atoms with Crippen LogP contribution in [0.1, 0.15) is 17.3 Å². The molecule has 0 aliphatic carbocycles. The summed E-state index contributed by atoms with van der Waals surface area (Å²) in [5, 5.41) is 0.306. The number of anilines is 1. The molecule has 0 atom stereocenters. The number of pyridine rings is 1. The van der Waals surface area contributed by atoms with Crippen LogP contribution in [0.3, 0.4) is 0 Å². The van der Waals surface area contributed by atoms with Crippen LogP contribution < -0.4 is 5.73 Å². The van der Waals surface area contributed by atoms with Gasteiger partial charge in [0.25, 0.3) is 5.91 Å². The first kappa shape index (κ1) is 10.8. The smallest absolute Gasteiger partial charge is 0.255 e. The van der Waals surface area contributed by atoms with Gasteiger partial charge in [0, 0.05) is 19.8 Å². The van der Waals surface area contributed by atoms with Crippen molar-refractivity contribution < 1.29 is 4.79 Å². The lowest BCUT2D eigenvalue weighted by Gasteiger charge is -2.14. The molecule has 0 aliphatic rings. The number of hydrogen-bond donors (Lipinski definition) is 1. The van der Waals surface area contributed by atoms with Crippen molar-refractivity contribution in [3.63, 3.8) is 0 Å². The molecule has 5 heteroatoms. The van der Waals surface area contributed by atoms with E-state index in [0.29, 0.717) is 17.1 Å². The monoisotopic (exact) mass is 213 g/mol. The quantitative estimate of drug-likeness (QED) is 0.808. The molecule has 0 unspecified atom stereocenters. The first-order chi connectivity index (χ1) is 6.56. The summed E-state index contributed by atoms with van der Waals surface area (Å²) in [6.07, 6.45) is 1.43. The van der Waals surface area contributed by atoms with Crippen LogP contribution in [0.15, 0.2) is 12.3 Å². The van der Waals surface area contributed by atoms with Gasteiger partial charge in [-0.15, -0.1) is 0 Å². The van der Waals surface area contributed by atoms with Crippen molar-refractivity contribution in [1.82, 2.24) is 9.88 Å². The zero-order valence-electron chi connectivity index (χ0n) is 8.12. The van der Waals surface area contributed by atoms with Gasteiger partial charge in [0.2, 0.25) is 0 Å². The molecule has 0 saturated carbocycles. The number of nitrogens with two attached hydrogens (primary N) is 1. The number of nitrogens with zero attached hydrogens (tertiary/aromatic N) is 2. The van der Waals surface area contributed by atoms with Gasteiger partial charge in [-0.2, -0.15) is 0 Å². The van der Waals surface area contributed by atoms with E-state index in [2.05, 4.69) is 4.98 Å². The number of halogens is 1. The molecule has 0 saturated heterocycles. The molecule has 0 aliphatic heterocycles. The fourth-order valence-electron chi connectivity index (χ4n) is 0.929. The second-order valence-corrected chi connectivity index (χ2v) is 3.32. The molecule has 1 aromatic heterocycles. The van der Waals surface area contributed by atoms with E-state index in [9.17, 15) is 4.79 Å². The molecular formula is C9H12ClN3O. The highest BCUT2D eigenvalue weighted by Crippen LogP contribution is 2.17. The van der Waals surface area contributed by atoms with Crippen LogP contribution in [0.4, 0.5) is 5.82 Å². The van der Waals surface area contributed by atoms with Crippen LogP contribution in [0.2, 0.25) is 5.02 Å². The number of aromatic nitrogens is 1. The van der Waals surface area contributed by atoms with E-state index in [1.54, 1.807) is 11.9 Å². The fourth-order valence-corrected chi connectivity index (χ4v) is 1.10. The third-order valence-electron chi connectivity index (χ3n) is 1.94. The lowest BCUT2D eigenvalue weighted by molar-refractivity contribution is 0.0802. The predicted octanol–water partition coefficient (Wildman–Crippen LogP) is 1.41. The normalized spacial score (nSPS) is 9.93. The molecule has 4 nitrogen and oxygen atoms in total. The van der Waals surface area contributed by atoms with Crippen molar-refractivity contribution in [2.45, 2.75) is 6.92 Å². The van der Waals surface area contributed by atoms with Gasteiger partial charge in [-0.25, -0.2) is 4.98 Å². The number of rotatable bonds is 2. The molecule has 0 bridgehead atoms. The van der Waals surface area contributed by atoms with Crippen LogP contribution in [-0.2, 0) is 0 Å². The SMILES string of the molecule is CCN(C)C(=O)c1cnc(N)c(Cl)c1. The van der Waals surface area contributed by atoms with E-state index in [-0.39, 0.29) is 11.7 Å². The van der Waals surface area contributed by atoms with Crippen molar-refractivity contribution in [2.24, 2.45) is 0 Å². The second kappa shape index (κ2) is 4.28. The standard InChI is InChI=1S/C9H12ClN3O/c1-3-13(2)9(14)6-4-7(10)8(11)12-5-6/h4-5H,3H2,1-2H3,(H2,11,12). The highest BCUT2D eigenvalue weighted by atomic mass is 35.5. The maximum atomic E-state index is 11.6. The van der Waals surface area contributed by atoms with Gasteiger partial charge < -0.3 is 10.6 Å². The molecule has 0 spiro atoms. The maximum absolute atomic E-state index is 11.6. The van der Waals surface area contributed by atoms with Crippen molar-refractivity contribution in [2.75, 3.05) is 19.3 Å². The van der Waals surface area contributed by atoms with E-state index < -0.39 is 0 Å². The van der Waals surface area contributed by atoms with Gasteiger partial charge in [0.1, 0.15) is 5.82 Å². The van der Waals surface area contributed by atoms with Gasteiger partial charge >= 0.3 is 0 Å². The molecular weight excluding hydrogens is 202 g/mol. The molecule has 1 aromatic rings. The van der Waals surface area contributed by atoms with Crippen molar-refractivity contribution >= 4 is 23.3 Å². The summed E-state index contributed by atoms with van der Waals surface area (Å²) in [5.74, 6) is 0.129. The topological polar surface area (TPSA) is 59.2 Å². The molecule has 1 amide bonds. The lowest BCUT2D eigenvalue weighted by atomic mass is 10.2. The van der Waals surface area contributed by atoms with Gasteiger partial charge in [0.05, 0.1) is 10.6 Å². The maximum Gasteiger partial charge on any atom is 0.255 e. The summed E-state index contributed by atoms with van der Waals surface area (Å²) in [7, 11) is 1.71. The third kappa shape index (κ3) is 2.14. The third-order valence-corrected chi connectivity index (χ3v) is 2.24. The van der Waals surface area contributed by atoms with Crippen LogP contribution >= 0.6 is 11.6 Å². The Hall–Kier alpha value is -1.29. The molecule has 0 aromatic carbocycles. The second-order valence-electron chi connectivity index (χ2n) is 2.91. The van der Waals surface area contributed by atoms with E-state index >= 15 is 0 Å². The minimum Gasteiger partial charge on any atom is -0.382 e. The molecule has 1 heterocycles. The Kier molecular flexibility index (Phi) is 3.30. The number of amides is 1. The van der Waals surface area contributed by atoms with Gasteiger partial charge in [0.15, 0.2) is 0 Å². The summed E-state index contributed by atoms with van der Waals surface area (Å²) < 4.78 is 0. The summed E-state index contributed by atoms with van der Waals surface area (Å²) in [6, 6.07) is 1.53. The summed E-state index contributed by atoms with van der Waals surface area (Å²) in [5.41, 5.74) is 5.88. The van der Waals surface area contributed by atoms with Gasteiger partial charge in [-0.1, -0.05) is 11.6 Å². The average molecular weight is 214 g/mol. The molecule has 2 N–H and O–H groups in total. The van der Waals surface area contributed by atoms with Crippen LogP contribution in [0.25, 0.3) is 0 Å². The van der Waals surface area contributed by atoms with Crippen LogP contribution in [0, 0.1) is 0 Å². The van der Waals surface area contributed by atoms with Crippen molar-refractivity contribution in [3.05, 3.63) is 22.8 Å². The fraction of sp³-hybridized carbons (Fsp3) is 0.333. The molecule has 14 heavy (non-hydrogen) atoms. The predicted molar refractivity (Wildman–Crippen MR) is 56.3 cm³/mol. The zero-order valence-corrected chi connectivity index (χ0v) is 8.88. The summed E-state index contributed by atoms with van der Waals surface area (Å²) in [4.78, 5) is 17.0. The summed E-state index contributed by atoms with van der Waals surface area (Å²) in [6.45, 7) is 2.53. The Morgan fingerprint density at radius 2 is 2.36 bits per heavy atom. The molecule has 0 fully saturated rings.